The predicted octanol–water partition coefficient (Wildman–Crippen LogP) is 4.56. The molecule has 164 valence electrons. The fraction of sp³-hybridized carbons (Fsp3) is 0.458. The van der Waals surface area contributed by atoms with Crippen molar-refractivity contribution in [2.45, 2.75) is 58.7 Å². The summed E-state index contributed by atoms with van der Waals surface area (Å²) in [5, 5.41) is 3.49. The van der Waals surface area contributed by atoms with Crippen LogP contribution in [0.5, 0.6) is 0 Å². The van der Waals surface area contributed by atoms with Crippen molar-refractivity contribution in [3.63, 3.8) is 0 Å². The van der Waals surface area contributed by atoms with Crippen LogP contribution in [-0.2, 0) is 4.74 Å². The molecule has 1 atom stereocenters. The van der Waals surface area contributed by atoms with Gasteiger partial charge in [0.25, 0.3) is 0 Å². The first-order valence-electron chi connectivity index (χ1n) is 11.0. The predicted molar refractivity (Wildman–Crippen MR) is 123 cm³/mol. The van der Waals surface area contributed by atoms with Gasteiger partial charge in [0.05, 0.1) is 17.1 Å². The van der Waals surface area contributed by atoms with Crippen LogP contribution >= 0.6 is 0 Å². The number of ether oxygens (including phenoxy) is 1. The van der Waals surface area contributed by atoms with E-state index in [1.54, 1.807) is 22.4 Å². The Morgan fingerprint density at radius 1 is 1.19 bits per heavy atom. The van der Waals surface area contributed by atoms with E-state index in [0.717, 1.165) is 30.0 Å². The minimum atomic E-state index is -0.388. The Kier molecular flexibility index (Phi) is 6.23. The summed E-state index contributed by atoms with van der Waals surface area (Å²) in [7, 11) is 1.60. The molecule has 4 rings (SSSR count). The zero-order valence-electron chi connectivity index (χ0n) is 18.7. The Balaban J connectivity index is 1.74. The van der Waals surface area contributed by atoms with Crippen LogP contribution in [-0.4, -0.2) is 32.3 Å². The van der Waals surface area contributed by atoms with Gasteiger partial charge in [-0.25, -0.2) is 14.8 Å². The largest absolute Gasteiger partial charge is 0.361 e. The minimum Gasteiger partial charge on any atom is -0.361 e. The molecule has 31 heavy (non-hydrogen) atoms. The van der Waals surface area contributed by atoms with Gasteiger partial charge in [-0.2, -0.15) is 0 Å². The molecule has 2 aromatic heterocycles. The minimum absolute atomic E-state index is 0.163. The van der Waals surface area contributed by atoms with Crippen molar-refractivity contribution in [1.29, 1.82) is 0 Å². The maximum Gasteiger partial charge on any atom is 0.335 e. The van der Waals surface area contributed by atoms with Gasteiger partial charge in [0.15, 0.2) is 0 Å². The number of nitrogens with one attached hydrogen (secondary N) is 1. The van der Waals surface area contributed by atoms with Gasteiger partial charge in [-0.05, 0) is 69.2 Å². The van der Waals surface area contributed by atoms with E-state index in [1.165, 1.54) is 12.8 Å². The van der Waals surface area contributed by atoms with Gasteiger partial charge in [0.2, 0.25) is 5.95 Å². The molecule has 7 heteroatoms. The molecule has 1 aromatic carbocycles. The first kappa shape index (κ1) is 21.3. The van der Waals surface area contributed by atoms with Gasteiger partial charge < -0.3 is 10.1 Å². The topological polar surface area (TPSA) is 74.0 Å². The number of aromatic nitrogens is 4. The van der Waals surface area contributed by atoms with Gasteiger partial charge in [-0.15, -0.1) is 0 Å². The second kappa shape index (κ2) is 9.06. The summed E-state index contributed by atoms with van der Waals surface area (Å²) in [5.41, 5.74) is 3.13. The number of aryl methyl sites for hydroxylation is 1. The van der Waals surface area contributed by atoms with E-state index in [9.17, 15) is 4.79 Å². The van der Waals surface area contributed by atoms with Crippen molar-refractivity contribution in [3.8, 4) is 17.1 Å². The lowest BCUT2D eigenvalue weighted by atomic mass is 9.87. The Labute approximate surface area is 183 Å². The van der Waals surface area contributed by atoms with E-state index in [-0.39, 0.29) is 11.9 Å². The highest BCUT2D eigenvalue weighted by Gasteiger charge is 2.21. The molecule has 1 unspecified atom stereocenters. The van der Waals surface area contributed by atoms with E-state index in [4.69, 9.17) is 9.72 Å². The van der Waals surface area contributed by atoms with Gasteiger partial charge in [-0.3, -0.25) is 9.13 Å². The fourth-order valence-electron chi connectivity index (χ4n) is 4.19. The number of hydrogen-bond donors (Lipinski definition) is 1. The summed E-state index contributed by atoms with van der Waals surface area (Å²) < 4.78 is 8.70. The summed E-state index contributed by atoms with van der Waals surface area (Å²) in [4.78, 5) is 22.5. The SMILES string of the molecule is COC(C)n1cc(-c2ccnc(N[C@H]3CC[C@H](C)CC3)n2)n(-c2cccc(C)c2)c1=O. The lowest BCUT2D eigenvalue weighted by Crippen LogP contribution is -2.26. The Bertz CT molecular complexity index is 1100. The Morgan fingerprint density at radius 3 is 2.68 bits per heavy atom. The number of imidazole rings is 1. The van der Waals surface area contributed by atoms with Gasteiger partial charge in [0, 0.05) is 25.5 Å². The lowest BCUT2D eigenvalue weighted by Gasteiger charge is -2.26. The second-order valence-corrected chi connectivity index (χ2v) is 8.58. The van der Waals surface area contributed by atoms with E-state index >= 15 is 0 Å². The molecular weight excluding hydrogens is 390 g/mol. The molecule has 1 saturated carbocycles. The summed E-state index contributed by atoms with van der Waals surface area (Å²) in [6, 6.07) is 10.1. The van der Waals surface area contributed by atoms with Crippen LogP contribution in [0, 0.1) is 12.8 Å². The molecule has 0 aliphatic heterocycles. The fourth-order valence-corrected chi connectivity index (χ4v) is 4.19. The Morgan fingerprint density at radius 2 is 1.97 bits per heavy atom. The van der Waals surface area contributed by atoms with Crippen molar-refractivity contribution >= 4 is 5.95 Å². The third kappa shape index (κ3) is 4.56. The molecule has 0 amide bonds. The van der Waals surface area contributed by atoms with Crippen LogP contribution in [0.15, 0.2) is 47.5 Å². The smallest absolute Gasteiger partial charge is 0.335 e. The third-order valence-electron chi connectivity index (χ3n) is 6.17. The molecule has 2 heterocycles. The van der Waals surface area contributed by atoms with Crippen molar-refractivity contribution in [1.82, 2.24) is 19.1 Å². The normalized spacial score (nSPS) is 19.9. The number of hydrogen-bond acceptors (Lipinski definition) is 5. The summed E-state index contributed by atoms with van der Waals surface area (Å²) in [6.45, 7) is 6.17. The lowest BCUT2D eigenvalue weighted by molar-refractivity contribution is 0.0575. The average Bonchev–Trinajstić information content (AvgIpc) is 3.12. The molecule has 1 N–H and O–H groups in total. The van der Waals surface area contributed by atoms with Crippen LogP contribution in [0.2, 0.25) is 0 Å². The molecular formula is C24H31N5O2. The van der Waals surface area contributed by atoms with E-state index in [2.05, 4.69) is 17.2 Å². The van der Waals surface area contributed by atoms with E-state index in [0.29, 0.717) is 23.4 Å². The second-order valence-electron chi connectivity index (χ2n) is 8.58. The maximum absolute atomic E-state index is 13.3. The first-order valence-corrected chi connectivity index (χ1v) is 11.0. The standard InChI is InChI=1S/C24H31N5O2/c1-16-8-10-19(11-9-16)26-23-25-13-12-21(27-23)22-15-28(18(3)31-4)24(30)29(22)20-7-5-6-17(2)14-20/h5-7,12-16,18-19H,8-11H2,1-4H3,(H,25,26,27)/t16-,18?,19-. The third-order valence-corrected chi connectivity index (χ3v) is 6.17. The van der Waals surface area contributed by atoms with Crippen molar-refractivity contribution in [3.05, 3.63) is 58.8 Å². The molecule has 1 aliphatic carbocycles. The summed E-state index contributed by atoms with van der Waals surface area (Å²) >= 11 is 0. The number of rotatable bonds is 6. The molecule has 3 aromatic rings. The van der Waals surface area contributed by atoms with Crippen LogP contribution in [0.1, 0.15) is 51.3 Å². The molecule has 1 aliphatic rings. The van der Waals surface area contributed by atoms with Gasteiger partial charge in [0.1, 0.15) is 6.23 Å². The molecule has 0 spiro atoms. The summed E-state index contributed by atoms with van der Waals surface area (Å²) in [6.07, 6.45) is 7.88. The Hall–Kier alpha value is -2.93. The van der Waals surface area contributed by atoms with Crippen LogP contribution in [0.25, 0.3) is 17.1 Å². The van der Waals surface area contributed by atoms with E-state index < -0.39 is 0 Å². The number of nitrogens with zero attached hydrogens (tertiary/aromatic N) is 4. The number of methoxy groups -OCH3 is 1. The highest BCUT2D eigenvalue weighted by atomic mass is 16.5. The molecule has 0 bridgehead atoms. The molecule has 7 nitrogen and oxygen atoms in total. The quantitative estimate of drug-likeness (QED) is 0.632. The van der Waals surface area contributed by atoms with Crippen molar-refractivity contribution in [2.24, 2.45) is 5.92 Å². The maximum atomic E-state index is 13.3. The van der Waals surface area contributed by atoms with Gasteiger partial charge >= 0.3 is 5.69 Å². The molecule has 0 saturated heterocycles. The average molecular weight is 422 g/mol. The summed E-state index contributed by atoms with van der Waals surface area (Å²) in [5.74, 6) is 1.39. The van der Waals surface area contributed by atoms with E-state index in [1.807, 2.05) is 50.4 Å². The van der Waals surface area contributed by atoms with Crippen molar-refractivity contribution < 1.29 is 4.74 Å². The zero-order chi connectivity index (χ0) is 22.0. The zero-order valence-corrected chi connectivity index (χ0v) is 18.7. The number of benzene rings is 1. The van der Waals surface area contributed by atoms with Crippen molar-refractivity contribution in [2.75, 3.05) is 12.4 Å². The highest BCUT2D eigenvalue weighted by molar-refractivity contribution is 5.59. The van der Waals surface area contributed by atoms with Crippen LogP contribution < -0.4 is 11.0 Å². The molecule has 0 radical (unpaired) electrons. The highest BCUT2D eigenvalue weighted by Crippen LogP contribution is 2.27. The first-order chi connectivity index (χ1) is 15.0. The number of anilines is 1. The molecule has 1 fully saturated rings. The monoisotopic (exact) mass is 421 g/mol. The van der Waals surface area contributed by atoms with Crippen LogP contribution in [0.4, 0.5) is 5.95 Å². The van der Waals surface area contributed by atoms with Crippen LogP contribution in [0.3, 0.4) is 0 Å². The van der Waals surface area contributed by atoms with Gasteiger partial charge in [-0.1, -0.05) is 19.1 Å².